The summed E-state index contributed by atoms with van der Waals surface area (Å²) in [4.78, 5) is 0. The van der Waals surface area contributed by atoms with Crippen molar-refractivity contribution in [3.8, 4) is 6.07 Å². The minimum absolute atomic E-state index is 0.506. The first-order valence-electron chi connectivity index (χ1n) is 4.44. The highest BCUT2D eigenvalue weighted by atomic mass is 35.5. The van der Waals surface area contributed by atoms with Gasteiger partial charge in [0.25, 0.3) is 0 Å². The minimum atomic E-state index is -0.506. The van der Waals surface area contributed by atoms with Crippen LogP contribution in [0, 0.1) is 11.3 Å². The number of rotatable bonds is 3. The van der Waals surface area contributed by atoms with Gasteiger partial charge in [-0.05, 0) is 31.7 Å². The Balaban J connectivity index is 2.79. The van der Waals surface area contributed by atoms with Gasteiger partial charge in [-0.15, -0.1) is 0 Å². The molecule has 0 aromatic heterocycles. The number of nitrogens with one attached hydrogen (secondary N) is 1. The maximum Gasteiger partial charge on any atom is 0.107 e. The Morgan fingerprint density at radius 3 is 2.43 bits per heavy atom. The fourth-order valence-electron chi connectivity index (χ4n) is 1.19. The third-order valence-electron chi connectivity index (χ3n) is 2.27. The average molecular weight is 209 g/mol. The molecule has 1 N–H and O–H groups in total. The number of likely N-dealkylation sites (N-methyl/N-ethyl adjacent to an activating group) is 1. The van der Waals surface area contributed by atoms with Crippen LogP contribution in [-0.2, 0) is 6.42 Å². The van der Waals surface area contributed by atoms with Crippen molar-refractivity contribution in [2.45, 2.75) is 18.9 Å². The van der Waals surface area contributed by atoms with Crippen molar-refractivity contribution in [1.82, 2.24) is 5.32 Å². The van der Waals surface area contributed by atoms with Gasteiger partial charge in [0.15, 0.2) is 0 Å². The fraction of sp³-hybridized carbons (Fsp3) is 0.364. The van der Waals surface area contributed by atoms with Gasteiger partial charge in [0.2, 0.25) is 0 Å². The van der Waals surface area contributed by atoms with Gasteiger partial charge in [0.1, 0.15) is 5.54 Å². The standard InChI is InChI=1S/C11H13ClN2/c1-11(8-13,14-2)7-9-3-5-10(12)6-4-9/h3-6,14H,7H2,1-2H3. The molecule has 1 aromatic rings. The summed E-state index contributed by atoms with van der Waals surface area (Å²) in [6.45, 7) is 1.88. The molecule has 0 bridgehead atoms. The molecule has 14 heavy (non-hydrogen) atoms. The van der Waals surface area contributed by atoms with Gasteiger partial charge < -0.3 is 5.32 Å². The number of nitriles is 1. The second kappa shape index (κ2) is 4.45. The third-order valence-corrected chi connectivity index (χ3v) is 2.52. The minimum Gasteiger partial charge on any atom is -0.302 e. The van der Waals surface area contributed by atoms with Crippen molar-refractivity contribution in [1.29, 1.82) is 5.26 Å². The number of nitrogens with zero attached hydrogens (tertiary/aromatic N) is 1. The maximum absolute atomic E-state index is 8.96. The van der Waals surface area contributed by atoms with Crippen LogP contribution in [0.15, 0.2) is 24.3 Å². The first kappa shape index (κ1) is 11.0. The van der Waals surface area contributed by atoms with Gasteiger partial charge in [-0.25, -0.2) is 0 Å². The quantitative estimate of drug-likeness (QED) is 0.828. The van der Waals surface area contributed by atoms with E-state index < -0.39 is 5.54 Å². The summed E-state index contributed by atoms with van der Waals surface area (Å²) >= 11 is 5.77. The molecule has 0 saturated heterocycles. The molecule has 1 atom stereocenters. The van der Waals surface area contributed by atoms with E-state index in [4.69, 9.17) is 16.9 Å². The van der Waals surface area contributed by atoms with E-state index in [1.165, 1.54) is 0 Å². The molecule has 0 spiro atoms. The number of benzene rings is 1. The molecule has 0 aliphatic carbocycles. The van der Waals surface area contributed by atoms with Gasteiger partial charge in [-0.1, -0.05) is 23.7 Å². The molecule has 2 nitrogen and oxygen atoms in total. The van der Waals surface area contributed by atoms with Crippen LogP contribution in [0.4, 0.5) is 0 Å². The summed E-state index contributed by atoms with van der Waals surface area (Å²) in [7, 11) is 1.79. The molecule has 1 aromatic carbocycles. The Bertz CT molecular complexity index is 339. The molecule has 0 aliphatic rings. The van der Waals surface area contributed by atoms with Crippen molar-refractivity contribution in [2.24, 2.45) is 0 Å². The molecule has 0 aliphatic heterocycles. The van der Waals surface area contributed by atoms with E-state index in [0.717, 1.165) is 10.6 Å². The van der Waals surface area contributed by atoms with Crippen LogP contribution in [0.2, 0.25) is 5.02 Å². The Morgan fingerprint density at radius 1 is 1.43 bits per heavy atom. The zero-order valence-corrected chi connectivity index (χ0v) is 9.10. The average Bonchev–Trinajstić information content (AvgIpc) is 2.21. The van der Waals surface area contributed by atoms with Gasteiger partial charge >= 0.3 is 0 Å². The summed E-state index contributed by atoms with van der Waals surface area (Å²) in [5.41, 5.74) is 0.598. The van der Waals surface area contributed by atoms with Crippen LogP contribution in [0.3, 0.4) is 0 Å². The second-order valence-corrected chi connectivity index (χ2v) is 3.93. The maximum atomic E-state index is 8.96. The van der Waals surface area contributed by atoms with Crippen LogP contribution in [0.5, 0.6) is 0 Å². The largest absolute Gasteiger partial charge is 0.302 e. The zero-order valence-electron chi connectivity index (χ0n) is 8.34. The van der Waals surface area contributed by atoms with E-state index in [0.29, 0.717) is 6.42 Å². The monoisotopic (exact) mass is 208 g/mol. The van der Waals surface area contributed by atoms with Crippen molar-refractivity contribution in [3.63, 3.8) is 0 Å². The predicted molar refractivity (Wildman–Crippen MR) is 58.2 cm³/mol. The normalized spacial score (nSPS) is 14.4. The highest BCUT2D eigenvalue weighted by Crippen LogP contribution is 2.15. The Labute approximate surface area is 89.5 Å². The molecule has 0 amide bonds. The molecule has 1 unspecified atom stereocenters. The lowest BCUT2D eigenvalue weighted by Crippen LogP contribution is -2.40. The molecular formula is C11H13ClN2. The molecule has 0 radical (unpaired) electrons. The highest BCUT2D eigenvalue weighted by molar-refractivity contribution is 6.30. The van der Waals surface area contributed by atoms with Gasteiger partial charge in [0, 0.05) is 11.4 Å². The molecular weight excluding hydrogens is 196 g/mol. The van der Waals surface area contributed by atoms with Gasteiger partial charge in [0.05, 0.1) is 6.07 Å². The summed E-state index contributed by atoms with van der Waals surface area (Å²) < 4.78 is 0. The summed E-state index contributed by atoms with van der Waals surface area (Å²) in [6, 6.07) is 9.80. The second-order valence-electron chi connectivity index (χ2n) is 3.50. The molecule has 0 saturated carbocycles. The van der Waals surface area contributed by atoms with Gasteiger partial charge in [-0.3, -0.25) is 0 Å². The highest BCUT2D eigenvalue weighted by Gasteiger charge is 2.21. The van der Waals surface area contributed by atoms with Crippen LogP contribution in [-0.4, -0.2) is 12.6 Å². The lowest BCUT2D eigenvalue weighted by molar-refractivity contribution is 0.489. The van der Waals surface area contributed by atoms with Gasteiger partial charge in [-0.2, -0.15) is 5.26 Å². The fourth-order valence-corrected chi connectivity index (χ4v) is 1.32. The van der Waals surface area contributed by atoms with E-state index in [9.17, 15) is 0 Å². The first-order valence-corrected chi connectivity index (χ1v) is 4.82. The topological polar surface area (TPSA) is 35.8 Å². The van der Waals surface area contributed by atoms with E-state index in [1.807, 2.05) is 31.2 Å². The number of hydrogen-bond donors (Lipinski definition) is 1. The van der Waals surface area contributed by atoms with Crippen LogP contribution in [0.25, 0.3) is 0 Å². The predicted octanol–water partition coefficient (Wildman–Crippen LogP) is 2.38. The molecule has 0 fully saturated rings. The van der Waals surface area contributed by atoms with Crippen LogP contribution >= 0.6 is 11.6 Å². The van der Waals surface area contributed by atoms with Crippen LogP contribution < -0.4 is 5.32 Å². The van der Waals surface area contributed by atoms with Crippen LogP contribution in [0.1, 0.15) is 12.5 Å². The van der Waals surface area contributed by atoms with E-state index >= 15 is 0 Å². The van der Waals surface area contributed by atoms with E-state index in [2.05, 4.69) is 11.4 Å². The van der Waals surface area contributed by atoms with Crippen molar-refractivity contribution in [2.75, 3.05) is 7.05 Å². The smallest absolute Gasteiger partial charge is 0.107 e. The summed E-state index contributed by atoms with van der Waals surface area (Å²) in [5, 5.41) is 12.7. The molecule has 1 rings (SSSR count). The number of halogens is 1. The zero-order chi connectivity index (χ0) is 10.6. The first-order chi connectivity index (χ1) is 6.59. The van der Waals surface area contributed by atoms with Crippen molar-refractivity contribution < 1.29 is 0 Å². The van der Waals surface area contributed by atoms with Crippen molar-refractivity contribution in [3.05, 3.63) is 34.9 Å². The van der Waals surface area contributed by atoms with E-state index in [1.54, 1.807) is 7.05 Å². The van der Waals surface area contributed by atoms with E-state index in [-0.39, 0.29) is 0 Å². The Morgan fingerprint density at radius 2 is 2.00 bits per heavy atom. The SMILES string of the molecule is CNC(C)(C#N)Cc1ccc(Cl)cc1. The molecule has 3 heteroatoms. The molecule has 0 heterocycles. The summed E-state index contributed by atoms with van der Waals surface area (Å²) in [6.07, 6.45) is 0.678. The third kappa shape index (κ3) is 2.73. The Kier molecular flexibility index (Phi) is 3.51. The van der Waals surface area contributed by atoms with Crippen molar-refractivity contribution >= 4 is 11.6 Å². The lowest BCUT2D eigenvalue weighted by atomic mass is 9.95. The summed E-state index contributed by atoms with van der Waals surface area (Å²) in [5.74, 6) is 0. The number of hydrogen-bond acceptors (Lipinski definition) is 2. The lowest BCUT2D eigenvalue weighted by Gasteiger charge is -2.20. The molecule has 74 valence electrons. The Hall–Kier alpha value is -1.04.